The molecule has 1 fully saturated rings. The van der Waals surface area contributed by atoms with Crippen LogP contribution in [0, 0.1) is 5.92 Å². The van der Waals surface area contributed by atoms with Crippen molar-refractivity contribution in [3.05, 3.63) is 35.4 Å². The van der Waals surface area contributed by atoms with Crippen LogP contribution in [0.15, 0.2) is 24.3 Å². The fourth-order valence-electron chi connectivity index (χ4n) is 3.09. The molecule has 0 bridgehead atoms. The van der Waals surface area contributed by atoms with Crippen LogP contribution < -0.4 is 5.32 Å². The molecule has 1 aromatic rings. The van der Waals surface area contributed by atoms with Crippen LogP contribution in [0.25, 0.3) is 0 Å². The van der Waals surface area contributed by atoms with Gasteiger partial charge in [0, 0.05) is 26.1 Å². The van der Waals surface area contributed by atoms with Gasteiger partial charge in [0.2, 0.25) is 5.91 Å². The summed E-state index contributed by atoms with van der Waals surface area (Å²) in [4.78, 5) is 14.1. The molecule has 0 aliphatic carbocycles. The van der Waals surface area contributed by atoms with Crippen molar-refractivity contribution < 1.29 is 22.7 Å². The molecule has 1 N–H and O–H groups in total. The molecule has 1 aliphatic rings. The molecule has 26 heavy (non-hydrogen) atoms. The Hall–Kier alpha value is -1.60. The van der Waals surface area contributed by atoms with Crippen LogP contribution in [0.2, 0.25) is 0 Å². The van der Waals surface area contributed by atoms with E-state index in [2.05, 4.69) is 34.0 Å². The highest BCUT2D eigenvalue weighted by Crippen LogP contribution is 2.18. The summed E-state index contributed by atoms with van der Waals surface area (Å²) < 4.78 is 40.2. The Labute approximate surface area is 152 Å². The summed E-state index contributed by atoms with van der Waals surface area (Å²) in [5.74, 6) is 0.428. The number of hydrogen-bond acceptors (Lipinski definition) is 3. The van der Waals surface area contributed by atoms with E-state index in [1.54, 1.807) is 0 Å². The van der Waals surface area contributed by atoms with Crippen molar-refractivity contribution in [2.24, 2.45) is 5.92 Å². The number of amides is 1. The molecule has 0 radical (unpaired) electrons. The maximum atomic E-state index is 11.9. The number of hydrogen-bond donors (Lipinski definition) is 1. The third-order valence-electron chi connectivity index (χ3n) is 4.40. The average Bonchev–Trinajstić information content (AvgIpc) is 2.57. The van der Waals surface area contributed by atoms with E-state index < -0.39 is 12.8 Å². The van der Waals surface area contributed by atoms with E-state index in [1.807, 2.05) is 12.1 Å². The predicted octanol–water partition coefficient (Wildman–Crippen LogP) is 3.50. The highest BCUT2D eigenvalue weighted by atomic mass is 19.4. The maximum absolute atomic E-state index is 11.9. The molecular weight excluding hydrogens is 345 g/mol. The fourth-order valence-corrected chi connectivity index (χ4v) is 3.09. The van der Waals surface area contributed by atoms with Crippen molar-refractivity contribution in [1.29, 1.82) is 0 Å². The van der Waals surface area contributed by atoms with Gasteiger partial charge in [-0.1, -0.05) is 31.2 Å². The molecule has 1 saturated heterocycles. The van der Waals surface area contributed by atoms with Gasteiger partial charge >= 0.3 is 6.18 Å². The minimum atomic E-state index is -4.36. The number of benzene rings is 1. The molecule has 0 spiro atoms. The van der Waals surface area contributed by atoms with E-state index in [0.29, 0.717) is 6.54 Å². The van der Waals surface area contributed by atoms with Gasteiger partial charge in [-0.15, -0.1) is 0 Å². The lowest BCUT2D eigenvalue weighted by molar-refractivity contribution is -0.174. The van der Waals surface area contributed by atoms with Gasteiger partial charge in [0.15, 0.2) is 0 Å². The Balaban J connectivity index is 1.66. The fraction of sp³-hybridized carbons (Fsp3) is 0.632. The third-order valence-corrected chi connectivity index (χ3v) is 4.40. The molecule has 1 aliphatic heterocycles. The zero-order chi connectivity index (χ0) is 19.0. The zero-order valence-electron chi connectivity index (χ0n) is 15.1. The zero-order valence-corrected chi connectivity index (χ0v) is 15.1. The average molecular weight is 372 g/mol. The molecule has 1 unspecified atom stereocenters. The minimum Gasteiger partial charge on any atom is -0.372 e. The number of rotatable bonds is 8. The number of carbonyl (C=O) groups is 1. The Kier molecular flexibility index (Phi) is 7.90. The van der Waals surface area contributed by atoms with Gasteiger partial charge in [-0.25, -0.2) is 0 Å². The molecule has 1 amide bonds. The SMILES string of the molecule is CC1CCCN(Cc2ccc(CNC(=O)CCOCC(F)(F)F)cc2)C1. The van der Waals surface area contributed by atoms with E-state index in [-0.39, 0.29) is 18.9 Å². The summed E-state index contributed by atoms with van der Waals surface area (Å²) in [5, 5.41) is 2.69. The van der Waals surface area contributed by atoms with E-state index in [4.69, 9.17) is 0 Å². The first-order valence-electron chi connectivity index (χ1n) is 9.03. The standard InChI is InChI=1S/C19H27F3N2O2/c1-15-3-2-9-24(12-15)13-17-6-4-16(5-7-17)11-23-18(25)8-10-26-14-19(20,21)22/h4-7,15H,2-3,8-14H2,1H3,(H,23,25). The number of nitrogens with zero attached hydrogens (tertiary/aromatic N) is 1. The van der Waals surface area contributed by atoms with Crippen molar-refractivity contribution in [2.45, 2.75) is 45.5 Å². The molecule has 7 heteroatoms. The third kappa shape index (κ3) is 8.19. The number of carbonyl (C=O) groups excluding carboxylic acids is 1. The van der Waals surface area contributed by atoms with E-state index in [1.165, 1.54) is 18.4 Å². The minimum absolute atomic E-state index is 0.0820. The number of halogens is 3. The lowest BCUT2D eigenvalue weighted by atomic mass is 9.99. The van der Waals surface area contributed by atoms with Gasteiger partial charge in [-0.3, -0.25) is 9.69 Å². The van der Waals surface area contributed by atoms with Crippen LogP contribution in [-0.2, 0) is 22.6 Å². The second-order valence-electron chi connectivity index (χ2n) is 6.99. The molecule has 1 heterocycles. The highest BCUT2D eigenvalue weighted by Gasteiger charge is 2.27. The van der Waals surface area contributed by atoms with Gasteiger partial charge in [0.1, 0.15) is 6.61 Å². The Morgan fingerprint density at radius 2 is 1.96 bits per heavy atom. The Bertz CT molecular complexity index is 561. The topological polar surface area (TPSA) is 41.6 Å². The van der Waals surface area contributed by atoms with Crippen LogP contribution >= 0.6 is 0 Å². The number of piperidine rings is 1. The molecule has 1 aromatic carbocycles. The lowest BCUT2D eigenvalue weighted by Gasteiger charge is -2.30. The van der Waals surface area contributed by atoms with Crippen LogP contribution in [0.3, 0.4) is 0 Å². The summed E-state index contributed by atoms with van der Waals surface area (Å²) in [6, 6.07) is 8.08. The van der Waals surface area contributed by atoms with Crippen molar-refractivity contribution in [3.8, 4) is 0 Å². The maximum Gasteiger partial charge on any atom is 0.411 e. The number of likely N-dealkylation sites (tertiary alicyclic amines) is 1. The number of ether oxygens (including phenoxy) is 1. The van der Waals surface area contributed by atoms with Crippen molar-refractivity contribution in [1.82, 2.24) is 10.2 Å². The first-order chi connectivity index (χ1) is 12.3. The Morgan fingerprint density at radius 3 is 2.62 bits per heavy atom. The van der Waals surface area contributed by atoms with E-state index in [0.717, 1.165) is 31.1 Å². The predicted molar refractivity (Wildman–Crippen MR) is 93.5 cm³/mol. The summed E-state index contributed by atoms with van der Waals surface area (Å²) >= 11 is 0. The Morgan fingerprint density at radius 1 is 1.27 bits per heavy atom. The number of alkyl halides is 3. The molecule has 2 rings (SSSR count). The summed E-state index contributed by atoms with van der Waals surface area (Å²) in [6.07, 6.45) is -1.89. The van der Waals surface area contributed by atoms with Crippen molar-refractivity contribution >= 4 is 5.91 Å². The smallest absolute Gasteiger partial charge is 0.372 e. The second kappa shape index (κ2) is 9.92. The van der Waals surface area contributed by atoms with E-state index >= 15 is 0 Å². The molecule has 4 nitrogen and oxygen atoms in total. The van der Waals surface area contributed by atoms with Gasteiger partial charge in [-0.2, -0.15) is 13.2 Å². The summed E-state index contributed by atoms with van der Waals surface area (Å²) in [6.45, 7) is 4.29. The molecule has 146 valence electrons. The van der Waals surface area contributed by atoms with E-state index in [9.17, 15) is 18.0 Å². The van der Waals surface area contributed by atoms with Gasteiger partial charge in [0.05, 0.1) is 6.61 Å². The first kappa shape index (κ1) is 20.7. The second-order valence-corrected chi connectivity index (χ2v) is 6.99. The van der Waals surface area contributed by atoms with Gasteiger partial charge < -0.3 is 10.1 Å². The molecule has 1 atom stereocenters. The monoisotopic (exact) mass is 372 g/mol. The highest BCUT2D eigenvalue weighted by molar-refractivity contribution is 5.75. The normalized spacial score (nSPS) is 18.7. The van der Waals surface area contributed by atoms with Gasteiger partial charge in [-0.05, 0) is 36.4 Å². The molecular formula is C19H27F3N2O2. The first-order valence-corrected chi connectivity index (χ1v) is 9.03. The summed E-state index contributed by atoms with van der Waals surface area (Å²) in [7, 11) is 0. The quantitative estimate of drug-likeness (QED) is 0.710. The lowest BCUT2D eigenvalue weighted by Crippen LogP contribution is -2.33. The van der Waals surface area contributed by atoms with Gasteiger partial charge in [0.25, 0.3) is 0 Å². The number of nitrogens with one attached hydrogen (secondary N) is 1. The van der Waals surface area contributed by atoms with Crippen molar-refractivity contribution in [2.75, 3.05) is 26.3 Å². The van der Waals surface area contributed by atoms with Crippen LogP contribution in [0.5, 0.6) is 0 Å². The van der Waals surface area contributed by atoms with Crippen LogP contribution in [-0.4, -0.2) is 43.3 Å². The van der Waals surface area contributed by atoms with Crippen molar-refractivity contribution in [3.63, 3.8) is 0 Å². The molecule has 0 saturated carbocycles. The molecule has 0 aromatic heterocycles. The summed E-state index contributed by atoms with van der Waals surface area (Å²) in [5.41, 5.74) is 2.21. The largest absolute Gasteiger partial charge is 0.411 e. The van der Waals surface area contributed by atoms with Crippen LogP contribution in [0.4, 0.5) is 13.2 Å². The van der Waals surface area contributed by atoms with Crippen LogP contribution in [0.1, 0.15) is 37.3 Å².